The number of benzene rings is 8. The fourth-order valence-electron chi connectivity index (χ4n) is 7.62. The average molecular weight is 643 g/mol. The molecule has 230 valence electrons. The van der Waals surface area contributed by atoms with Crippen LogP contribution in [0, 0.1) is 0 Å². The van der Waals surface area contributed by atoms with Crippen molar-refractivity contribution in [1.29, 1.82) is 0 Å². The summed E-state index contributed by atoms with van der Waals surface area (Å²) in [4.78, 5) is 2.40. The first-order valence-corrected chi connectivity index (χ1v) is 17.5. The van der Waals surface area contributed by atoms with Gasteiger partial charge in [0.05, 0.1) is 16.7 Å². The lowest BCUT2D eigenvalue weighted by Crippen LogP contribution is -2.10. The van der Waals surface area contributed by atoms with Crippen LogP contribution in [0.3, 0.4) is 0 Å². The molecule has 0 aliphatic carbocycles. The number of hydrogen-bond acceptors (Lipinski definition) is 2. The summed E-state index contributed by atoms with van der Waals surface area (Å²) in [5.41, 5.74) is 9.40. The van der Waals surface area contributed by atoms with E-state index >= 15 is 0 Å². The van der Waals surface area contributed by atoms with E-state index in [0.717, 1.165) is 22.7 Å². The molecule has 0 aliphatic heterocycles. The third-order valence-electron chi connectivity index (χ3n) is 9.77. The normalized spacial score (nSPS) is 11.7. The Labute approximate surface area is 288 Å². The Bertz CT molecular complexity index is 2810. The van der Waals surface area contributed by atoms with Gasteiger partial charge in [-0.25, -0.2) is 0 Å². The summed E-state index contributed by atoms with van der Waals surface area (Å²) in [6.07, 6.45) is 0. The van der Waals surface area contributed by atoms with E-state index in [9.17, 15) is 0 Å². The molecule has 0 saturated heterocycles. The number of aromatic nitrogens is 1. The standard InChI is InChI=1S/C46H30N2S/c1-3-14-32(15-4-1)47(42-23-13-24-43-45(42)38-21-9-11-22-41(38)48(43)33-16-5-2-6-17-33)34-28-26-31(27-29-34)39-30-40-36-19-10-12-25-44(36)49-46(40)37-20-8-7-18-35(37)39/h1-30H. The van der Waals surface area contributed by atoms with Crippen molar-refractivity contribution < 1.29 is 0 Å². The van der Waals surface area contributed by atoms with Crippen molar-refractivity contribution in [3.8, 4) is 16.8 Å². The lowest BCUT2D eigenvalue weighted by atomic mass is 9.95. The molecule has 3 heteroatoms. The Balaban J connectivity index is 1.18. The Morgan fingerprint density at radius 3 is 1.84 bits per heavy atom. The first kappa shape index (κ1) is 27.9. The van der Waals surface area contributed by atoms with Crippen LogP contribution in [-0.2, 0) is 0 Å². The Morgan fingerprint density at radius 1 is 0.429 bits per heavy atom. The molecule has 2 aromatic heterocycles. The smallest absolute Gasteiger partial charge is 0.0562 e. The molecule has 2 nitrogen and oxygen atoms in total. The van der Waals surface area contributed by atoms with Gasteiger partial charge >= 0.3 is 0 Å². The van der Waals surface area contributed by atoms with Crippen LogP contribution in [0.1, 0.15) is 0 Å². The van der Waals surface area contributed by atoms with Gasteiger partial charge in [0.15, 0.2) is 0 Å². The Morgan fingerprint density at radius 2 is 1.04 bits per heavy atom. The maximum absolute atomic E-state index is 2.40. The molecule has 8 aromatic carbocycles. The molecule has 0 bridgehead atoms. The van der Waals surface area contributed by atoms with Gasteiger partial charge in [0, 0.05) is 53.4 Å². The highest BCUT2D eigenvalue weighted by molar-refractivity contribution is 7.26. The molecular weight excluding hydrogens is 613 g/mol. The highest BCUT2D eigenvalue weighted by Crippen LogP contribution is 2.46. The van der Waals surface area contributed by atoms with Gasteiger partial charge in [0.25, 0.3) is 0 Å². The van der Waals surface area contributed by atoms with Crippen LogP contribution in [0.25, 0.3) is 69.6 Å². The Hall–Kier alpha value is -6.16. The molecule has 0 unspecified atom stereocenters. The third-order valence-corrected chi connectivity index (χ3v) is 11.0. The second-order valence-electron chi connectivity index (χ2n) is 12.5. The predicted octanol–water partition coefficient (Wildman–Crippen LogP) is 13.4. The van der Waals surface area contributed by atoms with Crippen LogP contribution in [0.2, 0.25) is 0 Å². The van der Waals surface area contributed by atoms with Gasteiger partial charge < -0.3 is 9.47 Å². The summed E-state index contributed by atoms with van der Waals surface area (Å²) in [5.74, 6) is 0. The molecule has 0 atom stereocenters. The van der Waals surface area contributed by atoms with Crippen LogP contribution in [0.15, 0.2) is 182 Å². The topological polar surface area (TPSA) is 8.17 Å². The molecule has 49 heavy (non-hydrogen) atoms. The van der Waals surface area contributed by atoms with Gasteiger partial charge in [-0.2, -0.15) is 0 Å². The van der Waals surface area contributed by atoms with Gasteiger partial charge in [-0.05, 0) is 83.2 Å². The average Bonchev–Trinajstić information content (AvgIpc) is 3.72. The SMILES string of the molecule is c1ccc(N(c2ccc(-c3cc4c5ccccc5sc4c4ccccc34)cc2)c2cccc3c2c2ccccc2n3-c2ccccc2)cc1. The summed E-state index contributed by atoms with van der Waals surface area (Å²) in [6, 6.07) is 66.0. The molecule has 0 spiro atoms. The minimum atomic E-state index is 1.12. The summed E-state index contributed by atoms with van der Waals surface area (Å²) in [7, 11) is 0. The van der Waals surface area contributed by atoms with Crippen LogP contribution < -0.4 is 4.90 Å². The van der Waals surface area contributed by atoms with Gasteiger partial charge in [0.2, 0.25) is 0 Å². The number of para-hydroxylation sites is 3. The van der Waals surface area contributed by atoms with Crippen molar-refractivity contribution in [3.63, 3.8) is 0 Å². The van der Waals surface area contributed by atoms with Crippen molar-refractivity contribution in [1.82, 2.24) is 4.57 Å². The lowest BCUT2D eigenvalue weighted by molar-refractivity contribution is 1.18. The number of fused-ring (bicyclic) bond motifs is 8. The lowest BCUT2D eigenvalue weighted by Gasteiger charge is -2.26. The summed E-state index contributed by atoms with van der Waals surface area (Å²) >= 11 is 1.89. The number of rotatable bonds is 5. The summed E-state index contributed by atoms with van der Waals surface area (Å²) in [6.45, 7) is 0. The van der Waals surface area contributed by atoms with Gasteiger partial charge in [0.1, 0.15) is 0 Å². The predicted molar refractivity (Wildman–Crippen MR) is 211 cm³/mol. The maximum atomic E-state index is 2.40. The highest BCUT2D eigenvalue weighted by atomic mass is 32.1. The van der Waals surface area contributed by atoms with Crippen molar-refractivity contribution in [2.24, 2.45) is 0 Å². The second kappa shape index (κ2) is 11.2. The van der Waals surface area contributed by atoms with Crippen molar-refractivity contribution >= 4 is 81.1 Å². The summed E-state index contributed by atoms with van der Waals surface area (Å²) < 4.78 is 5.07. The van der Waals surface area contributed by atoms with Crippen LogP contribution in [-0.4, -0.2) is 4.57 Å². The monoisotopic (exact) mass is 642 g/mol. The van der Waals surface area contributed by atoms with Crippen LogP contribution in [0.5, 0.6) is 0 Å². The number of thiophene rings is 1. The van der Waals surface area contributed by atoms with Gasteiger partial charge in [-0.1, -0.05) is 115 Å². The minimum absolute atomic E-state index is 1.12. The van der Waals surface area contributed by atoms with E-state index in [1.165, 1.54) is 63.9 Å². The molecule has 0 saturated carbocycles. The molecular formula is C46H30N2S. The second-order valence-corrected chi connectivity index (χ2v) is 13.6. The molecule has 0 N–H and O–H groups in total. The number of hydrogen-bond donors (Lipinski definition) is 0. The van der Waals surface area contributed by atoms with E-state index < -0.39 is 0 Å². The zero-order valence-corrected chi connectivity index (χ0v) is 27.4. The zero-order chi connectivity index (χ0) is 32.3. The van der Waals surface area contributed by atoms with Gasteiger partial charge in [-0.3, -0.25) is 0 Å². The van der Waals surface area contributed by atoms with E-state index in [-0.39, 0.29) is 0 Å². The van der Waals surface area contributed by atoms with E-state index in [1.54, 1.807) is 0 Å². The van der Waals surface area contributed by atoms with Crippen molar-refractivity contribution in [2.45, 2.75) is 0 Å². The maximum Gasteiger partial charge on any atom is 0.0562 e. The zero-order valence-electron chi connectivity index (χ0n) is 26.6. The fourth-order valence-corrected chi connectivity index (χ4v) is 8.84. The molecule has 0 aliphatic rings. The molecule has 10 aromatic rings. The minimum Gasteiger partial charge on any atom is -0.310 e. The number of nitrogens with zero attached hydrogens (tertiary/aromatic N) is 2. The van der Waals surface area contributed by atoms with Crippen LogP contribution >= 0.6 is 11.3 Å². The summed E-state index contributed by atoms with van der Waals surface area (Å²) in [5, 5.41) is 7.71. The largest absolute Gasteiger partial charge is 0.310 e. The van der Waals surface area contributed by atoms with Crippen molar-refractivity contribution in [2.75, 3.05) is 4.90 Å². The van der Waals surface area contributed by atoms with E-state index in [1.807, 2.05) is 11.3 Å². The molecule has 2 heterocycles. The first-order chi connectivity index (χ1) is 24.3. The Kier molecular flexibility index (Phi) is 6.39. The molecule has 10 rings (SSSR count). The third kappa shape index (κ3) is 4.40. The number of anilines is 3. The van der Waals surface area contributed by atoms with E-state index in [4.69, 9.17) is 0 Å². The molecule has 0 amide bonds. The molecule has 0 radical (unpaired) electrons. The molecule has 0 fully saturated rings. The highest BCUT2D eigenvalue weighted by Gasteiger charge is 2.21. The van der Waals surface area contributed by atoms with Crippen molar-refractivity contribution in [3.05, 3.63) is 182 Å². The first-order valence-electron chi connectivity index (χ1n) is 16.7. The van der Waals surface area contributed by atoms with Crippen LogP contribution in [0.4, 0.5) is 17.1 Å². The fraction of sp³-hybridized carbons (Fsp3) is 0. The quantitative estimate of drug-likeness (QED) is 0.181. The van der Waals surface area contributed by atoms with E-state index in [0.29, 0.717) is 0 Å². The van der Waals surface area contributed by atoms with E-state index in [2.05, 4.69) is 191 Å². The van der Waals surface area contributed by atoms with Gasteiger partial charge in [-0.15, -0.1) is 11.3 Å².